The molecule has 0 fully saturated rings. The lowest BCUT2D eigenvalue weighted by atomic mass is 10.2. The van der Waals surface area contributed by atoms with Crippen LogP contribution in [0.4, 0.5) is 0 Å². The third kappa shape index (κ3) is 7.34. The average molecular weight is 294 g/mol. The molecule has 7 nitrogen and oxygen atoms in total. The molecule has 21 heavy (non-hydrogen) atoms. The fourth-order valence-electron chi connectivity index (χ4n) is 1.67. The zero-order chi connectivity index (χ0) is 15.5. The Kier molecular flexibility index (Phi) is 7.93. The van der Waals surface area contributed by atoms with E-state index in [9.17, 15) is 4.79 Å². The summed E-state index contributed by atoms with van der Waals surface area (Å²) < 4.78 is 1.90. The lowest BCUT2D eigenvalue weighted by Gasteiger charge is -2.13. The topological polar surface area (TPSA) is 83.3 Å². The number of nitrogens with one attached hydrogen (secondary N) is 3. The van der Waals surface area contributed by atoms with Crippen LogP contribution >= 0.6 is 0 Å². The van der Waals surface area contributed by atoms with Crippen LogP contribution in [0.1, 0.15) is 20.3 Å². The quantitative estimate of drug-likeness (QED) is 0.364. The number of aliphatic imine (C=N–C) groups is 1. The Balaban J connectivity index is 2.07. The van der Waals surface area contributed by atoms with E-state index >= 15 is 0 Å². The smallest absolute Gasteiger partial charge is 0.222 e. The van der Waals surface area contributed by atoms with Gasteiger partial charge in [-0.05, 0) is 12.5 Å². The van der Waals surface area contributed by atoms with Crippen molar-refractivity contribution in [3.05, 3.63) is 18.5 Å². The van der Waals surface area contributed by atoms with E-state index in [4.69, 9.17) is 0 Å². The summed E-state index contributed by atoms with van der Waals surface area (Å²) in [6.45, 7) is 6.69. The van der Waals surface area contributed by atoms with E-state index in [0.717, 1.165) is 25.5 Å². The number of aryl methyl sites for hydroxylation is 1. The van der Waals surface area contributed by atoms with Crippen molar-refractivity contribution in [1.29, 1.82) is 0 Å². The maximum Gasteiger partial charge on any atom is 0.222 e. The molecule has 0 bridgehead atoms. The van der Waals surface area contributed by atoms with E-state index in [1.165, 1.54) is 0 Å². The predicted octanol–water partition coefficient (Wildman–Crippen LogP) is 0.210. The molecule has 1 amide bonds. The minimum absolute atomic E-state index is 0.0183. The molecule has 1 aromatic heterocycles. The average Bonchev–Trinajstić information content (AvgIpc) is 2.98. The number of guanidine groups is 1. The highest BCUT2D eigenvalue weighted by Gasteiger charge is 2.05. The largest absolute Gasteiger partial charge is 0.356 e. The summed E-state index contributed by atoms with van der Waals surface area (Å²) in [6.07, 6.45) is 4.69. The molecular weight excluding hydrogens is 268 g/mol. The Labute approximate surface area is 126 Å². The van der Waals surface area contributed by atoms with E-state index in [0.29, 0.717) is 13.1 Å². The first-order valence-electron chi connectivity index (χ1n) is 7.33. The minimum atomic E-state index is 0.0183. The van der Waals surface area contributed by atoms with Gasteiger partial charge in [-0.15, -0.1) is 0 Å². The van der Waals surface area contributed by atoms with Crippen LogP contribution in [0, 0.1) is 5.92 Å². The van der Waals surface area contributed by atoms with E-state index in [-0.39, 0.29) is 11.8 Å². The van der Waals surface area contributed by atoms with Crippen molar-refractivity contribution in [2.24, 2.45) is 10.9 Å². The van der Waals surface area contributed by atoms with E-state index in [1.54, 1.807) is 13.2 Å². The Morgan fingerprint density at radius 3 is 2.57 bits per heavy atom. The molecular formula is C14H26N6O. The molecule has 0 saturated carbocycles. The summed E-state index contributed by atoms with van der Waals surface area (Å²) in [4.78, 5) is 15.5. The van der Waals surface area contributed by atoms with Crippen LogP contribution in [0.5, 0.6) is 0 Å². The number of amides is 1. The summed E-state index contributed by atoms with van der Waals surface area (Å²) in [5.74, 6) is 0.831. The third-order valence-electron chi connectivity index (χ3n) is 2.88. The molecule has 0 aliphatic carbocycles. The van der Waals surface area contributed by atoms with Crippen molar-refractivity contribution in [2.45, 2.75) is 26.8 Å². The van der Waals surface area contributed by atoms with Crippen LogP contribution in [-0.4, -0.2) is 48.3 Å². The third-order valence-corrected chi connectivity index (χ3v) is 2.88. The predicted molar refractivity (Wildman–Crippen MR) is 84.1 cm³/mol. The molecule has 0 radical (unpaired) electrons. The van der Waals surface area contributed by atoms with E-state index in [2.05, 4.69) is 26.0 Å². The number of carbonyl (C=O) groups is 1. The first kappa shape index (κ1) is 17.0. The van der Waals surface area contributed by atoms with Crippen LogP contribution in [0.15, 0.2) is 23.5 Å². The molecule has 0 aromatic carbocycles. The van der Waals surface area contributed by atoms with Gasteiger partial charge in [0, 0.05) is 51.5 Å². The molecule has 1 rings (SSSR count). The first-order chi connectivity index (χ1) is 10.1. The number of aromatic nitrogens is 2. The van der Waals surface area contributed by atoms with Crippen LogP contribution in [0.3, 0.4) is 0 Å². The molecule has 7 heteroatoms. The van der Waals surface area contributed by atoms with Crippen LogP contribution in [0.2, 0.25) is 0 Å². The fraction of sp³-hybridized carbons (Fsp3) is 0.643. The van der Waals surface area contributed by atoms with Gasteiger partial charge in [0.2, 0.25) is 5.91 Å². The van der Waals surface area contributed by atoms with Crippen LogP contribution in [-0.2, 0) is 11.3 Å². The lowest BCUT2D eigenvalue weighted by molar-refractivity contribution is -0.123. The van der Waals surface area contributed by atoms with Crippen molar-refractivity contribution >= 4 is 11.9 Å². The molecule has 0 spiro atoms. The number of hydrogen-bond acceptors (Lipinski definition) is 3. The fourth-order valence-corrected chi connectivity index (χ4v) is 1.67. The number of rotatable bonds is 8. The Bertz CT molecular complexity index is 427. The molecule has 0 aliphatic heterocycles. The van der Waals surface area contributed by atoms with Gasteiger partial charge in [0.05, 0.1) is 0 Å². The van der Waals surface area contributed by atoms with Gasteiger partial charge in [-0.25, -0.2) is 0 Å². The Morgan fingerprint density at radius 2 is 1.95 bits per heavy atom. The van der Waals surface area contributed by atoms with Gasteiger partial charge < -0.3 is 16.0 Å². The number of nitrogens with zero attached hydrogens (tertiary/aromatic N) is 3. The van der Waals surface area contributed by atoms with Crippen molar-refractivity contribution in [3.8, 4) is 0 Å². The second-order valence-corrected chi connectivity index (χ2v) is 4.99. The zero-order valence-electron chi connectivity index (χ0n) is 13.1. The first-order valence-corrected chi connectivity index (χ1v) is 7.33. The SMILES string of the molecule is CN=C(NCCCn1cccn1)NCCNC(=O)C(C)C. The molecule has 118 valence electrons. The molecule has 0 saturated heterocycles. The molecule has 0 aliphatic rings. The van der Waals surface area contributed by atoms with Gasteiger partial charge in [0.15, 0.2) is 5.96 Å². The monoisotopic (exact) mass is 294 g/mol. The minimum Gasteiger partial charge on any atom is -0.356 e. The van der Waals surface area contributed by atoms with Gasteiger partial charge in [0.1, 0.15) is 0 Å². The molecule has 0 unspecified atom stereocenters. The Hall–Kier alpha value is -2.05. The summed E-state index contributed by atoms with van der Waals surface area (Å²) in [5.41, 5.74) is 0. The van der Waals surface area contributed by atoms with Crippen LogP contribution in [0.25, 0.3) is 0 Å². The summed E-state index contributed by atoms with van der Waals surface area (Å²) in [6, 6.07) is 1.92. The van der Waals surface area contributed by atoms with E-state index in [1.807, 2.05) is 30.8 Å². The molecule has 1 heterocycles. The van der Waals surface area contributed by atoms with Crippen molar-refractivity contribution in [3.63, 3.8) is 0 Å². The highest BCUT2D eigenvalue weighted by molar-refractivity contribution is 5.80. The van der Waals surface area contributed by atoms with Gasteiger partial charge >= 0.3 is 0 Å². The molecule has 3 N–H and O–H groups in total. The highest BCUT2D eigenvalue weighted by atomic mass is 16.1. The number of carbonyl (C=O) groups excluding carboxylic acids is 1. The maximum absolute atomic E-state index is 11.4. The van der Waals surface area contributed by atoms with Gasteiger partial charge in [0.25, 0.3) is 0 Å². The van der Waals surface area contributed by atoms with Crippen molar-refractivity contribution in [2.75, 3.05) is 26.7 Å². The van der Waals surface area contributed by atoms with Gasteiger partial charge in [-0.3, -0.25) is 14.5 Å². The van der Waals surface area contributed by atoms with Crippen molar-refractivity contribution < 1.29 is 4.79 Å². The molecule has 0 atom stereocenters. The van der Waals surface area contributed by atoms with Gasteiger partial charge in [-0.2, -0.15) is 5.10 Å². The summed E-state index contributed by atoms with van der Waals surface area (Å²) >= 11 is 0. The second kappa shape index (κ2) is 9.79. The lowest BCUT2D eigenvalue weighted by Crippen LogP contribution is -2.42. The zero-order valence-corrected chi connectivity index (χ0v) is 13.1. The summed E-state index contributed by atoms with van der Waals surface area (Å²) in [5, 5.41) is 13.4. The van der Waals surface area contributed by atoms with Crippen LogP contribution < -0.4 is 16.0 Å². The maximum atomic E-state index is 11.4. The molecule has 1 aromatic rings. The van der Waals surface area contributed by atoms with E-state index < -0.39 is 0 Å². The number of hydrogen-bond donors (Lipinski definition) is 3. The standard InChI is InChI=1S/C14H26N6O/c1-12(2)13(21)16-8-9-18-14(15-3)17-6-4-10-20-11-5-7-19-20/h5,7,11-12H,4,6,8-10H2,1-3H3,(H,16,21)(H2,15,17,18). The normalized spacial score (nSPS) is 11.5. The Morgan fingerprint density at radius 1 is 1.24 bits per heavy atom. The second-order valence-electron chi connectivity index (χ2n) is 4.99. The van der Waals surface area contributed by atoms with Gasteiger partial charge in [-0.1, -0.05) is 13.8 Å². The highest BCUT2D eigenvalue weighted by Crippen LogP contribution is 1.89. The summed E-state index contributed by atoms with van der Waals surface area (Å²) in [7, 11) is 1.73. The van der Waals surface area contributed by atoms with Crippen molar-refractivity contribution in [1.82, 2.24) is 25.7 Å².